The second kappa shape index (κ2) is 8.03. The van der Waals surface area contributed by atoms with Crippen LogP contribution in [0, 0.1) is 17.8 Å². The minimum Gasteiger partial charge on any atom is -0.507 e. The molecule has 4 atom stereocenters. The average molecular weight is 435 g/mol. The van der Waals surface area contributed by atoms with Gasteiger partial charge < -0.3 is 19.9 Å². The summed E-state index contributed by atoms with van der Waals surface area (Å²) in [6.45, 7) is 2.03. The van der Waals surface area contributed by atoms with Gasteiger partial charge in [-0.2, -0.15) is 0 Å². The molecule has 0 bridgehead atoms. The minimum atomic E-state index is -1.27. The number of allylic oxidation sites excluding steroid dienone is 1. The zero-order valence-corrected chi connectivity index (χ0v) is 17.9. The number of aromatic hydroxyl groups is 1. The van der Waals surface area contributed by atoms with E-state index >= 15 is 0 Å². The third kappa shape index (κ3) is 3.09. The number of rotatable bonds is 4. The van der Waals surface area contributed by atoms with E-state index in [2.05, 4.69) is 0 Å². The van der Waals surface area contributed by atoms with Crippen molar-refractivity contribution in [3.63, 3.8) is 0 Å². The summed E-state index contributed by atoms with van der Waals surface area (Å²) in [7, 11) is -1.27. The summed E-state index contributed by atoms with van der Waals surface area (Å²) in [5.41, 5.74) is 1.95. The van der Waals surface area contributed by atoms with Gasteiger partial charge in [0.15, 0.2) is 0 Å². The highest BCUT2D eigenvalue weighted by molar-refractivity contribution is 6.53. The molecule has 2 fully saturated rings. The molecule has 8 heteroatoms. The number of carbonyl (C=O) groups is 2. The molecule has 2 saturated heterocycles. The lowest BCUT2D eigenvalue weighted by Crippen LogP contribution is -2.45. The number of amides is 2. The molecule has 0 saturated carbocycles. The standard InChI is InChI=1S/C24H26BNO6/c1-2-9-26-23(29)18-10-13(12-27)22-17(21(18)24(26)30)11-20(32-25(22)31)16-7-8-19(28)15-6-4-3-5-14(15)16/h3-8,17-18,20-21,27-28,31H,2,9-12H2,1H3/t17-,18-,20-,21+/m0/s1. The van der Waals surface area contributed by atoms with Gasteiger partial charge in [-0.25, -0.2) is 0 Å². The summed E-state index contributed by atoms with van der Waals surface area (Å²) >= 11 is 0. The van der Waals surface area contributed by atoms with Gasteiger partial charge >= 0.3 is 7.12 Å². The Morgan fingerprint density at radius 3 is 2.56 bits per heavy atom. The van der Waals surface area contributed by atoms with Crippen LogP contribution >= 0.6 is 0 Å². The van der Waals surface area contributed by atoms with Gasteiger partial charge in [-0.15, -0.1) is 0 Å². The van der Waals surface area contributed by atoms with Crippen LogP contribution in [-0.2, 0) is 14.2 Å². The van der Waals surface area contributed by atoms with Gasteiger partial charge in [-0.05, 0) is 53.2 Å². The summed E-state index contributed by atoms with van der Waals surface area (Å²) in [4.78, 5) is 27.6. The minimum absolute atomic E-state index is 0.161. The molecule has 2 aliphatic heterocycles. The van der Waals surface area contributed by atoms with E-state index in [1.165, 1.54) is 4.90 Å². The number of hydrogen-bond acceptors (Lipinski definition) is 6. The van der Waals surface area contributed by atoms with Gasteiger partial charge in [-0.3, -0.25) is 14.5 Å². The number of aliphatic hydroxyl groups is 1. The first-order valence-corrected chi connectivity index (χ1v) is 11.2. The maximum Gasteiger partial charge on any atom is 0.487 e. The Morgan fingerprint density at radius 1 is 1.09 bits per heavy atom. The second-order valence-electron chi connectivity index (χ2n) is 8.92. The molecule has 3 aliphatic rings. The van der Waals surface area contributed by atoms with E-state index in [4.69, 9.17) is 4.65 Å². The first kappa shape index (κ1) is 21.2. The lowest BCUT2D eigenvalue weighted by Gasteiger charge is -2.42. The number of aliphatic hydroxyl groups excluding tert-OH is 1. The Labute approximate surface area is 186 Å². The Bertz CT molecular complexity index is 1130. The van der Waals surface area contributed by atoms with Gasteiger partial charge in [0.2, 0.25) is 11.8 Å². The number of nitrogens with zero attached hydrogens (tertiary/aromatic N) is 1. The van der Waals surface area contributed by atoms with E-state index in [0.717, 1.165) is 10.9 Å². The maximum atomic E-state index is 13.3. The fourth-order valence-corrected chi connectivity index (χ4v) is 5.85. The second-order valence-corrected chi connectivity index (χ2v) is 8.92. The van der Waals surface area contributed by atoms with E-state index < -0.39 is 31.0 Å². The van der Waals surface area contributed by atoms with Crippen molar-refractivity contribution in [3.8, 4) is 5.75 Å². The predicted molar refractivity (Wildman–Crippen MR) is 118 cm³/mol. The molecule has 0 aromatic heterocycles. The Balaban J connectivity index is 1.58. The molecule has 5 rings (SSSR count). The number of fused-ring (bicyclic) bond motifs is 4. The highest BCUT2D eigenvalue weighted by atomic mass is 16.5. The van der Waals surface area contributed by atoms with Crippen molar-refractivity contribution in [2.75, 3.05) is 13.2 Å². The van der Waals surface area contributed by atoms with Gasteiger partial charge in [0.1, 0.15) is 5.75 Å². The topological polar surface area (TPSA) is 107 Å². The van der Waals surface area contributed by atoms with Gasteiger partial charge in [-0.1, -0.05) is 37.3 Å². The molecule has 0 unspecified atom stereocenters. The molecule has 32 heavy (non-hydrogen) atoms. The molecular formula is C24H26BNO6. The smallest absolute Gasteiger partial charge is 0.487 e. The number of imide groups is 1. The Hall–Kier alpha value is -2.68. The van der Waals surface area contributed by atoms with Crippen LogP contribution in [0.15, 0.2) is 47.4 Å². The first-order chi connectivity index (χ1) is 15.5. The quantitative estimate of drug-likeness (QED) is 0.503. The van der Waals surface area contributed by atoms with Gasteiger partial charge in [0.25, 0.3) is 0 Å². The van der Waals surface area contributed by atoms with E-state index in [-0.39, 0.29) is 30.6 Å². The number of likely N-dealkylation sites (tertiary alicyclic amines) is 1. The molecule has 2 heterocycles. The van der Waals surface area contributed by atoms with Gasteiger partial charge in [0, 0.05) is 11.9 Å². The molecule has 2 amide bonds. The third-order valence-electron chi connectivity index (χ3n) is 7.22. The summed E-state index contributed by atoms with van der Waals surface area (Å²) < 4.78 is 6.00. The average Bonchev–Trinajstić information content (AvgIpc) is 3.03. The van der Waals surface area contributed by atoms with Crippen molar-refractivity contribution in [2.24, 2.45) is 17.8 Å². The molecule has 2 aromatic rings. The van der Waals surface area contributed by atoms with E-state index in [9.17, 15) is 24.8 Å². The Morgan fingerprint density at radius 2 is 1.84 bits per heavy atom. The molecule has 0 radical (unpaired) electrons. The highest BCUT2D eigenvalue weighted by Gasteiger charge is 2.57. The highest BCUT2D eigenvalue weighted by Crippen LogP contribution is 2.52. The first-order valence-electron chi connectivity index (χ1n) is 11.2. The maximum absolute atomic E-state index is 13.3. The van der Waals surface area contributed by atoms with E-state index in [1.807, 2.05) is 31.2 Å². The van der Waals surface area contributed by atoms with Crippen LogP contribution in [0.5, 0.6) is 5.75 Å². The van der Waals surface area contributed by atoms with Crippen LogP contribution in [0.25, 0.3) is 10.8 Å². The monoisotopic (exact) mass is 435 g/mol. The molecule has 0 spiro atoms. The van der Waals surface area contributed by atoms with Crippen molar-refractivity contribution in [2.45, 2.75) is 32.3 Å². The van der Waals surface area contributed by atoms with E-state index in [1.54, 1.807) is 12.1 Å². The SMILES string of the molecule is CCCN1C(=O)[C@H]2[C@H](CC(CO)=C3B(O)O[C@H](c4ccc(O)c5ccccc45)C[C@H]32)C1=O. The zero-order chi connectivity index (χ0) is 22.6. The lowest BCUT2D eigenvalue weighted by atomic mass is 9.55. The molecule has 2 aromatic carbocycles. The summed E-state index contributed by atoms with van der Waals surface area (Å²) in [6, 6.07) is 10.8. The molecular weight excluding hydrogens is 409 g/mol. The van der Waals surface area contributed by atoms with Crippen molar-refractivity contribution in [3.05, 3.63) is 53.0 Å². The fraction of sp³-hybridized carbons (Fsp3) is 0.417. The largest absolute Gasteiger partial charge is 0.507 e. The van der Waals surface area contributed by atoms with Crippen LogP contribution in [0.2, 0.25) is 0 Å². The zero-order valence-electron chi connectivity index (χ0n) is 17.9. The van der Waals surface area contributed by atoms with E-state index in [0.29, 0.717) is 35.8 Å². The Kier molecular flexibility index (Phi) is 5.32. The van der Waals surface area contributed by atoms with Crippen molar-refractivity contribution in [1.82, 2.24) is 4.90 Å². The molecule has 1 aliphatic carbocycles. The third-order valence-corrected chi connectivity index (χ3v) is 7.22. The normalized spacial score (nSPS) is 27.8. The summed E-state index contributed by atoms with van der Waals surface area (Å²) in [5.74, 6) is -1.66. The molecule has 7 nitrogen and oxygen atoms in total. The molecule has 3 N–H and O–H groups in total. The van der Waals surface area contributed by atoms with Crippen molar-refractivity contribution >= 4 is 29.7 Å². The fourth-order valence-electron chi connectivity index (χ4n) is 5.85. The van der Waals surface area contributed by atoms with Crippen LogP contribution in [0.3, 0.4) is 0 Å². The summed E-state index contributed by atoms with van der Waals surface area (Å²) in [5, 5.41) is 32.7. The number of phenols is 1. The predicted octanol–water partition coefficient (Wildman–Crippen LogP) is 2.35. The van der Waals surface area contributed by atoms with Crippen LogP contribution in [0.1, 0.15) is 37.9 Å². The van der Waals surface area contributed by atoms with Crippen LogP contribution < -0.4 is 0 Å². The summed E-state index contributed by atoms with van der Waals surface area (Å²) in [6.07, 6.45) is 0.837. The van der Waals surface area contributed by atoms with Crippen LogP contribution in [0.4, 0.5) is 0 Å². The number of benzene rings is 2. The molecule has 166 valence electrons. The van der Waals surface area contributed by atoms with Gasteiger partial charge in [0.05, 0.1) is 24.5 Å². The number of phenolic OH excluding ortho intramolecular Hbond substituents is 1. The van der Waals surface area contributed by atoms with Crippen molar-refractivity contribution in [1.29, 1.82) is 0 Å². The number of hydrogen-bond donors (Lipinski definition) is 3. The number of carbonyl (C=O) groups excluding carboxylic acids is 2. The van der Waals surface area contributed by atoms with Crippen molar-refractivity contribution < 1.29 is 29.5 Å². The van der Waals surface area contributed by atoms with Crippen LogP contribution in [-0.4, -0.2) is 52.2 Å². The lowest BCUT2D eigenvalue weighted by molar-refractivity contribution is -0.140.